The van der Waals surface area contributed by atoms with Crippen molar-refractivity contribution in [1.82, 2.24) is 9.55 Å². The number of aromatic nitrogens is 2. The molecule has 4 nitrogen and oxygen atoms in total. The molecule has 0 saturated heterocycles. The smallest absolute Gasteiger partial charge is 0.316 e. The van der Waals surface area contributed by atoms with Gasteiger partial charge >= 0.3 is 11.1 Å². The van der Waals surface area contributed by atoms with Gasteiger partial charge in [-0.25, -0.2) is 0 Å². The van der Waals surface area contributed by atoms with Gasteiger partial charge in [-0.1, -0.05) is 12.1 Å². The van der Waals surface area contributed by atoms with Crippen LogP contribution in [0.5, 0.6) is 0 Å². The van der Waals surface area contributed by atoms with E-state index in [4.69, 9.17) is 0 Å². The quantitative estimate of drug-likeness (QED) is 0.673. The Bertz CT molecular complexity index is 580. The molecule has 0 saturated carbocycles. The number of hydrogen-bond donors (Lipinski definition) is 1. The molecular weight excluding hydrogens is 180 g/mol. The van der Waals surface area contributed by atoms with Crippen molar-refractivity contribution < 1.29 is 0 Å². The zero-order valence-corrected chi connectivity index (χ0v) is 7.78. The van der Waals surface area contributed by atoms with Crippen molar-refractivity contribution in [2.24, 2.45) is 0 Å². The van der Waals surface area contributed by atoms with Crippen molar-refractivity contribution in [3.63, 3.8) is 0 Å². The Morgan fingerprint density at radius 2 is 2.00 bits per heavy atom. The third-order valence-corrected chi connectivity index (χ3v) is 2.20. The van der Waals surface area contributed by atoms with Crippen molar-refractivity contribution in [2.75, 3.05) is 0 Å². The van der Waals surface area contributed by atoms with Gasteiger partial charge in [-0.2, -0.15) is 0 Å². The van der Waals surface area contributed by atoms with Gasteiger partial charge < -0.3 is 9.55 Å². The van der Waals surface area contributed by atoms with E-state index in [1.165, 1.54) is 4.57 Å². The first-order chi connectivity index (χ1) is 6.74. The van der Waals surface area contributed by atoms with Gasteiger partial charge in [-0.3, -0.25) is 9.59 Å². The predicted molar refractivity (Wildman–Crippen MR) is 54.5 cm³/mol. The van der Waals surface area contributed by atoms with Gasteiger partial charge in [0.2, 0.25) is 0 Å². The topological polar surface area (TPSA) is 54.9 Å². The highest BCUT2D eigenvalue weighted by Gasteiger charge is 2.03. The first-order valence-electron chi connectivity index (χ1n) is 4.46. The van der Waals surface area contributed by atoms with Crippen LogP contribution in [0.4, 0.5) is 0 Å². The van der Waals surface area contributed by atoms with E-state index in [1.807, 2.05) is 25.1 Å². The number of H-pyrrole nitrogens is 1. The van der Waals surface area contributed by atoms with Crippen molar-refractivity contribution in [3.05, 3.63) is 45.0 Å². The van der Waals surface area contributed by atoms with Crippen LogP contribution in [0.1, 0.15) is 6.92 Å². The van der Waals surface area contributed by atoms with Crippen molar-refractivity contribution in [3.8, 4) is 0 Å². The van der Waals surface area contributed by atoms with Crippen LogP contribution in [0, 0.1) is 0 Å². The van der Waals surface area contributed by atoms with Crippen LogP contribution >= 0.6 is 0 Å². The molecule has 72 valence electrons. The second-order valence-electron chi connectivity index (χ2n) is 3.02. The highest BCUT2D eigenvalue weighted by Crippen LogP contribution is 2.06. The highest BCUT2D eigenvalue weighted by atomic mass is 16.2. The highest BCUT2D eigenvalue weighted by molar-refractivity contribution is 5.74. The van der Waals surface area contributed by atoms with Crippen LogP contribution in [0.2, 0.25) is 0 Å². The summed E-state index contributed by atoms with van der Waals surface area (Å²) < 4.78 is 1.47. The molecule has 14 heavy (non-hydrogen) atoms. The number of hydrogen-bond acceptors (Lipinski definition) is 2. The van der Waals surface area contributed by atoms with Crippen LogP contribution in [0.25, 0.3) is 11.0 Å². The lowest BCUT2D eigenvalue weighted by Gasteiger charge is -2.05. The molecule has 0 aliphatic carbocycles. The average Bonchev–Trinajstić information content (AvgIpc) is 2.20. The zero-order chi connectivity index (χ0) is 10.1. The summed E-state index contributed by atoms with van der Waals surface area (Å²) in [4.78, 5) is 25.2. The molecule has 0 radical (unpaired) electrons. The van der Waals surface area contributed by atoms with Crippen LogP contribution < -0.4 is 11.1 Å². The van der Waals surface area contributed by atoms with Crippen molar-refractivity contribution in [1.29, 1.82) is 0 Å². The molecule has 1 aromatic heterocycles. The molecule has 1 aromatic carbocycles. The minimum absolute atomic E-state index is 0.494. The summed E-state index contributed by atoms with van der Waals surface area (Å²) in [5.74, 6) is 0. The molecule has 0 atom stereocenters. The second kappa shape index (κ2) is 3.14. The molecule has 0 bridgehead atoms. The fourth-order valence-electron chi connectivity index (χ4n) is 1.54. The lowest BCUT2D eigenvalue weighted by atomic mass is 10.3. The van der Waals surface area contributed by atoms with Gasteiger partial charge in [0.05, 0.1) is 11.0 Å². The van der Waals surface area contributed by atoms with Crippen molar-refractivity contribution >= 4 is 11.0 Å². The van der Waals surface area contributed by atoms with E-state index in [0.717, 1.165) is 5.52 Å². The Morgan fingerprint density at radius 3 is 2.71 bits per heavy atom. The molecule has 0 fully saturated rings. The van der Waals surface area contributed by atoms with Crippen LogP contribution in [-0.4, -0.2) is 9.55 Å². The monoisotopic (exact) mass is 190 g/mol. The van der Waals surface area contributed by atoms with Gasteiger partial charge in [0, 0.05) is 6.54 Å². The maximum atomic E-state index is 11.4. The lowest BCUT2D eigenvalue weighted by Crippen LogP contribution is -2.35. The first kappa shape index (κ1) is 8.74. The Balaban J connectivity index is 3.04. The molecule has 2 rings (SSSR count). The molecule has 2 aromatic rings. The van der Waals surface area contributed by atoms with E-state index < -0.39 is 11.1 Å². The molecular formula is C10H10N2O2. The van der Waals surface area contributed by atoms with Gasteiger partial charge in [-0.15, -0.1) is 0 Å². The summed E-state index contributed by atoms with van der Waals surface area (Å²) in [7, 11) is 0. The average molecular weight is 190 g/mol. The number of fused-ring (bicyclic) bond motifs is 1. The van der Waals surface area contributed by atoms with Gasteiger partial charge in [0.25, 0.3) is 0 Å². The Labute approximate surface area is 79.8 Å². The molecule has 0 amide bonds. The van der Waals surface area contributed by atoms with E-state index in [0.29, 0.717) is 12.1 Å². The molecule has 0 spiro atoms. The third-order valence-electron chi connectivity index (χ3n) is 2.20. The maximum absolute atomic E-state index is 11.4. The number of aryl methyl sites for hydroxylation is 1. The number of para-hydroxylation sites is 2. The number of nitrogens with one attached hydrogen (secondary N) is 1. The summed E-state index contributed by atoms with van der Waals surface area (Å²) in [5, 5.41) is 0. The van der Waals surface area contributed by atoms with E-state index in [-0.39, 0.29) is 0 Å². The molecule has 0 aliphatic heterocycles. The SMILES string of the molecule is CCn1c(=O)c(=O)[nH]c2ccccc21. The minimum atomic E-state index is -0.564. The third kappa shape index (κ3) is 1.16. The van der Waals surface area contributed by atoms with Gasteiger partial charge in [0.15, 0.2) is 0 Å². The zero-order valence-electron chi connectivity index (χ0n) is 7.78. The molecule has 0 aliphatic rings. The summed E-state index contributed by atoms with van der Waals surface area (Å²) in [5.41, 5.74) is 0.398. The number of aromatic amines is 1. The normalized spacial score (nSPS) is 10.6. The lowest BCUT2D eigenvalue weighted by molar-refractivity contribution is 0.744. The number of benzene rings is 1. The van der Waals surface area contributed by atoms with Crippen LogP contribution in [-0.2, 0) is 6.54 Å². The predicted octanol–water partition coefficient (Wildman–Crippen LogP) is 0.710. The van der Waals surface area contributed by atoms with Crippen molar-refractivity contribution in [2.45, 2.75) is 13.5 Å². The fraction of sp³-hybridized carbons (Fsp3) is 0.200. The standard InChI is InChI=1S/C10H10N2O2/c1-2-12-8-6-4-3-5-7(8)11-9(13)10(12)14/h3-6H,2H2,1H3,(H,11,13). The van der Waals surface area contributed by atoms with E-state index in [2.05, 4.69) is 4.98 Å². The molecule has 1 N–H and O–H groups in total. The van der Waals surface area contributed by atoms with Crippen LogP contribution in [0.3, 0.4) is 0 Å². The van der Waals surface area contributed by atoms with E-state index in [1.54, 1.807) is 6.07 Å². The van der Waals surface area contributed by atoms with Gasteiger partial charge in [0.1, 0.15) is 0 Å². The summed E-state index contributed by atoms with van der Waals surface area (Å²) >= 11 is 0. The summed E-state index contributed by atoms with van der Waals surface area (Å²) in [6, 6.07) is 7.26. The fourth-order valence-corrected chi connectivity index (χ4v) is 1.54. The minimum Gasteiger partial charge on any atom is -0.316 e. The Hall–Kier alpha value is -1.84. The Kier molecular flexibility index (Phi) is 1.96. The van der Waals surface area contributed by atoms with Crippen LogP contribution in [0.15, 0.2) is 33.9 Å². The van der Waals surface area contributed by atoms with Gasteiger partial charge in [-0.05, 0) is 19.1 Å². The molecule has 4 heteroatoms. The van der Waals surface area contributed by atoms with E-state index >= 15 is 0 Å². The number of rotatable bonds is 1. The maximum Gasteiger partial charge on any atom is 0.316 e. The second-order valence-corrected chi connectivity index (χ2v) is 3.02. The summed E-state index contributed by atoms with van der Waals surface area (Å²) in [6.07, 6.45) is 0. The first-order valence-corrected chi connectivity index (χ1v) is 4.46. The Morgan fingerprint density at radius 1 is 1.29 bits per heavy atom. The number of nitrogens with zero attached hydrogens (tertiary/aromatic N) is 1. The summed E-state index contributed by atoms with van der Waals surface area (Å²) in [6.45, 7) is 2.34. The van der Waals surface area contributed by atoms with E-state index in [9.17, 15) is 9.59 Å². The largest absolute Gasteiger partial charge is 0.316 e. The molecule has 0 unspecified atom stereocenters. The molecule has 1 heterocycles.